The first-order valence-electron chi connectivity index (χ1n) is 25.8. The van der Waals surface area contributed by atoms with E-state index in [4.69, 9.17) is 14.2 Å². The molecule has 0 aromatic carbocycles. The highest BCUT2D eigenvalue weighted by Crippen LogP contribution is 2.16. The summed E-state index contributed by atoms with van der Waals surface area (Å²) >= 11 is 0. The molecule has 6 nitrogen and oxygen atoms in total. The molecule has 6 heteroatoms. The summed E-state index contributed by atoms with van der Waals surface area (Å²) in [6.07, 6.45) is 54.7. The molecule has 0 heterocycles. The molecule has 0 radical (unpaired) electrons. The van der Waals surface area contributed by atoms with Gasteiger partial charge in [-0.05, 0) is 44.9 Å². The van der Waals surface area contributed by atoms with Crippen LogP contribution < -0.4 is 0 Å². The molecule has 0 aromatic rings. The molecular formula is C53H98O6. The molecule has 0 aliphatic carbocycles. The number of carbonyl (C=O) groups is 3. The van der Waals surface area contributed by atoms with Crippen LogP contribution in [0.1, 0.15) is 278 Å². The molecule has 1 atom stereocenters. The number of rotatable bonds is 47. The molecule has 0 aliphatic rings. The average molecular weight is 831 g/mol. The van der Waals surface area contributed by atoms with Crippen molar-refractivity contribution in [2.45, 2.75) is 284 Å². The smallest absolute Gasteiger partial charge is 0.306 e. The van der Waals surface area contributed by atoms with Gasteiger partial charge in [-0.15, -0.1) is 0 Å². The molecule has 0 fully saturated rings. The van der Waals surface area contributed by atoms with Gasteiger partial charge in [0, 0.05) is 19.3 Å². The average Bonchev–Trinajstić information content (AvgIpc) is 3.23. The lowest BCUT2D eigenvalue weighted by molar-refractivity contribution is -0.167. The van der Waals surface area contributed by atoms with Crippen molar-refractivity contribution in [3.8, 4) is 0 Å². The first kappa shape index (κ1) is 56.9. The Balaban J connectivity index is 4.19. The molecule has 0 N–H and O–H groups in total. The van der Waals surface area contributed by atoms with Crippen LogP contribution in [0.15, 0.2) is 24.3 Å². The largest absolute Gasteiger partial charge is 0.462 e. The first-order valence-corrected chi connectivity index (χ1v) is 25.8. The Labute approximate surface area is 366 Å². The first-order chi connectivity index (χ1) is 29.0. The van der Waals surface area contributed by atoms with Gasteiger partial charge >= 0.3 is 17.9 Å². The minimum Gasteiger partial charge on any atom is -0.462 e. The lowest BCUT2D eigenvalue weighted by Gasteiger charge is -2.18. The lowest BCUT2D eigenvalue weighted by atomic mass is 10.0. The van der Waals surface area contributed by atoms with E-state index in [9.17, 15) is 14.4 Å². The summed E-state index contributed by atoms with van der Waals surface area (Å²) in [6.45, 7) is 6.57. The molecule has 59 heavy (non-hydrogen) atoms. The van der Waals surface area contributed by atoms with E-state index in [1.165, 1.54) is 154 Å². The molecule has 0 saturated carbocycles. The fourth-order valence-corrected chi connectivity index (χ4v) is 7.52. The van der Waals surface area contributed by atoms with E-state index in [-0.39, 0.29) is 31.1 Å². The topological polar surface area (TPSA) is 78.9 Å². The van der Waals surface area contributed by atoms with Gasteiger partial charge in [0.2, 0.25) is 0 Å². The molecular weight excluding hydrogens is 733 g/mol. The van der Waals surface area contributed by atoms with Crippen molar-refractivity contribution in [2.24, 2.45) is 0 Å². The van der Waals surface area contributed by atoms with Crippen molar-refractivity contribution in [1.29, 1.82) is 0 Å². The molecule has 346 valence electrons. The van der Waals surface area contributed by atoms with E-state index in [2.05, 4.69) is 45.1 Å². The van der Waals surface area contributed by atoms with E-state index in [1.807, 2.05) is 0 Å². The van der Waals surface area contributed by atoms with Gasteiger partial charge in [0.1, 0.15) is 13.2 Å². The highest BCUT2D eigenvalue weighted by molar-refractivity contribution is 5.71. The van der Waals surface area contributed by atoms with Crippen LogP contribution in [-0.2, 0) is 28.6 Å². The summed E-state index contributed by atoms with van der Waals surface area (Å²) in [6, 6.07) is 0. The number of unbranched alkanes of at least 4 members (excludes halogenated alkanes) is 32. The van der Waals surface area contributed by atoms with Gasteiger partial charge < -0.3 is 14.2 Å². The summed E-state index contributed by atoms with van der Waals surface area (Å²) in [5.41, 5.74) is 0. The standard InChI is InChI=1S/C53H98O6/c1-4-7-10-13-16-18-20-22-24-25-26-27-28-29-31-32-34-37-40-43-46-52(55)58-49-50(48-57-51(54)45-42-39-36-15-12-9-6-3)59-53(56)47-44-41-38-35-33-30-23-21-19-17-14-11-8-5-2/h14,17,21,23,50H,4-13,15-16,18-20,22,24-49H2,1-3H3/b17-14-,23-21-. The van der Waals surface area contributed by atoms with Crippen LogP contribution in [-0.4, -0.2) is 37.2 Å². The molecule has 0 saturated heterocycles. The maximum atomic E-state index is 12.7. The van der Waals surface area contributed by atoms with Crippen LogP contribution in [0.2, 0.25) is 0 Å². The van der Waals surface area contributed by atoms with Gasteiger partial charge in [-0.3, -0.25) is 14.4 Å². The van der Waals surface area contributed by atoms with Crippen LogP contribution in [0.4, 0.5) is 0 Å². The minimum absolute atomic E-state index is 0.0729. The highest BCUT2D eigenvalue weighted by Gasteiger charge is 2.19. The van der Waals surface area contributed by atoms with E-state index in [0.717, 1.165) is 83.5 Å². The van der Waals surface area contributed by atoms with Crippen molar-refractivity contribution in [3.05, 3.63) is 24.3 Å². The number of hydrogen-bond donors (Lipinski definition) is 0. The molecule has 0 amide bonds. The molecule has 0 aliphatic heterocycles. The lowest BCUT2D eigenvalue weighted by Crippen LogP contribution is -2.30. The summed E-state index contributed by atoms with van der Waals surface area (Å²) in [5, 5.41) is 0. The maximum Gasteiger partial charge on any atom is 0.306 e. The molecule has 0 rings (SSSR count). The summed E-state index contributed by atoms with van der Waals surface area (Å²) in [7, 11) is 0. The number of ether oxygens (including phenoxy) is 3. The zero-order chi connectivity index (χ0) is 43.0. The van der Waals surface area contributed by atoms with Crippen molar-refractivity contribution < 1.29 is 28.6 Å². The van der Waals surface area contributed by atoms with Crippen LogP contribution >= 0.6 is 0 Å². The Hall–Kier alpha value is -2.11. The minimum atomic E-state index is -0.771. The van der Waals surface area contributed by atoms with Crippen molar-refractivity contribution >= 4 is 17.9 Å². The van der Waals surface area contributed by atoms with Crippen LogP contribution in [0.3, 0.4) is 0 Å². The second-order valence-electron chi connectivity index (χ2n) is 17.4. The summed E-state index contributed by atoms with van der Waals surface area (Å²) in [5.74, 6) is -0.882. The zero-order valence-corrected chi connectivity index (χ0v) is 39.5. The van der Waals surface area contributed by atoms with E-state index in [1.54, 1.807) is 0 Å². The van der Waals surface area contributed by atoms with E-state index >= 15 is 0 Å². The van der Waals surface area contributed by atoms with Gasteiger partial charge in [-0.1, -0.05) is 238 Å². The zero-order valence-electron chi connectivity index (χ0n) is 39.5. The van der Waals surface area contributed by atoms with Crippen molar-refractivity contribution in [3.63, 3.8) is 0 Å². The second-order valence-corrected chi connectivity index (χ2v) is 17.4. The molecule has 0 bridgehead atoms. The number of carbonyl (C=O) groups excluding carboxylic acids is 3. The predicted molar refractivity (Wildman–Crippen MR) is 252 cm³/mol. The van der Waals surface area contributed by atoms with E-state index in [0.29, 0.717) is 19.3 Å². The van der Waals surface area contributed by atoms with Crippen LogP contribution in [0.25, 0.3) is 0 Å². The quantitative estimate of drug-likeness (QED) is 0.0263. The molecule has 0 aromatic heterocycles. The second kappa shape index (κ2) is 48.6. The van der Waals surface area contributed by atoms with Gasteiger partial charge in [0.15, 0.2) is 6.10 Å². The third-order valence-electron chi connectivity index (χ3n) is 11.5. The number of esters is 3. The van der Waals surface area contributed by atoms with E-state index < -0.39 is 6.10 Å². The van der Waals surface area contributed by atoms with Crippen LogP contribution in [0, 0.1) is 0 Å². The van der Waals surface area contributed by atoms with Crippen molar-refractivity contribution in [1.82, 2.24) is 0 Å². The van der Waals surface area contributed by atoms with Crippen LogP contribution in [0.5, 0.6) is 0 Å². The third kappa shape index (κ3) is 46.8. The Bertz CT molecular complexity index is 958. The molecule has 0 spiro atoms. The maximum absolute atomic E-state index is 12.7. The Morgan fingerprint density at radius 1 is 0.339 bits per heavy atom. The number of hydrogen-bond acceptors (Lipinski definition) is 6. The van der Waals surface area contributed by atoms with Gasteiger partial charge in [0.05, 0.1) is 0 Å². The Morgan fingerprint density at radius 2 is 0.627 bits per heavy atom. The van der Waals surface area contributed by atoms with Gasteiger partial charge in [0.25, 0.3) is 0 Å². The van der Waals surface area contributed by atoms with Gasteiger partial charge in [-0.2, -0.15) is 0 Å². The van der Waals surface area contributed by atoms with Gasteiger partial charge in [-0.25, -0.2) is 0 Å². The highest BCUT2D eigenvalue weighted by atomic mass is 16.6. The number of allylic oxidation sites excluding steroid dienone is 4. The SMILES string of the molecule is CCCC/C=C\C/C=C\CCCCCCCC(=O)OC(COC(=O)CCCCCCCCC)COC(=O)CCCCCCCCCCCCCCCCCCCCCC. The predicted octanol–water partition coefficient (Wildman–Crippen LogP) is 16.8. The fraction of sp³-hybridized carbons (Fsp3) is 0.868. The monoisotopic (exact) mass is 831 g/mol. The Morgan fingerprint density at radius 3 is 0.983 bits per heavy atom. The molecule has 1 unspecified atom stereocenters. The fourth-order valence-electron chi connectivity index (χ4n) is 7.52. The third-order valence-corrected chi connectivity index (χ3v) is 11.5. The Kier molecular flexibility index (Phi) is 46.8. The van der Waals surface area contributed by atoms with Crippen molar-refractivity contribution in [2.75, 3.05) is 13.2 Å². The normalized spacial score (nSPS) is 12.1. The summed E-state index contributed by atoms with van der Waals surface area (Å²) < 4.78 is 16.7. The summed E-state index contributed by atoms with van der Waals surface area (Å²) in [4.78, 5) is 37.8.